The standard InChI is InChI=1S/C12H13BrN2S/c1-8-2-3-11(13)10(4-8)12(14)5-9-6-15-7-16-9/h2-4,6-7,12H,5,14H2,1H3. The summed E-state index contributed by atoms with van der Waals surface area (Å²) in [6.07, 6.45) is 2.72. The molecule has 84 valence electrons. The van der Waals surface area contributed by atoms with Gasteiger partial charge in [0.05, 0.1) is 5.51 Å². The minimum absolute atomic E-state index is 0.0229. The fourth-order valence-electron chi connectivity index (χ4n) is 1.62. The number of aryl methyl sites for hydroxylation is 1. The van der Waals surface area contributed by atoms with E-state index in [4.69, 9.17) is 5.73 Å². The summed E-state index contributed by atoms with van der Waals surface area (Å²) in [7, 11) is 0. The molecular weight excluding hydrogens is 284 g/mol. The molecule has 1 aromatic heterocycles. The summed E-state index contributed by atoms with van der Waals surface area (Å²) in [6.45, 7) is 2.08. The number of halogens is 1. The van der Waals surface area contributed by atoms with Gasteiger partial charge < -0.3 is 5.73 Å². The predicted molar refractivity (Wildman–Crippen MR) is 71.6 cm³/mol. The van der Waals surface area contributed by atoms with Crippen LogP contribution in [0.5, 0.6) is 0 Å². The molecule has 0 radical (unpaired) electrons. The first-order chi connectivity index (χ1) is 7.66. The van der Waals surface area contributed by atoms with Crippen molar-refractivity contribution in [3.05, 3.63) is 50.4 Å². The topological polar surface area (TPSA) is 38.9 Å². The second-order valence-corrected chi connectivity index (χ2v) is 5.63. The Hall–Kier alpha value is -0.710. The number of nitrogens with zero attached hydrogens (tertiary/aromatic N) is 1. The molecule has 0 aliphatic carbocycles. The van der Waals surface area contributed by atoms with Crippen LogP contribution >= 0.6 is 27.3 Å². The zero-order chi connectivity index (χ0) is 11.5. The molecule has 2 N–H and O–H groups in total. The average Bonchev–Trinajstić information content (AvgIpc) is 2.74. The predicted octanol–water partition coefficient (Wildman–Crippen LogP) is 3.46. The summed E-state index contributed by atoms with van der Waals surface area (Å²) < 4.78 is 1.08. The van der Waals surface area contributed by atoms with Crippen LogP contribution in [0.2, 0.25) is 0 Å². The van der Waals surface area contributed by atoms with Crippen LogP contribution < -0.4 is 5.73 Å². The highest BCUT2D eigenvalue weighted by Gasteiger charge is 2.11. The van der Waals surface area contributed by atoms with Gasteiger partial charge in [-0.3, -0.25) is 4.98 Å². The fourth-order valence-corrected chi connectivity index (χ4v) is 2.81. The second-order valence-electron chi connectivity index (χ2n) is 3.80. The molecular formula is C12H13BrN2S. The Bertz CT molecular complexity index is 468. The summed E-state index contributed by atoms with van der Waals surface area (Å²) in [4.78, 5) is 5.28. The molecule has 0 aliphatic rings. The number of nitrogens with two attached hydrogens (primary N) is 1. The van der Waals surface area contributed by atoms with Crippen LogP contribution in [-0.4, -0.2) is 4.98 Å². The third-order valence-corrected chi connectivity index (χ3v) is 3.98. The van der Waals surface area contributed by atoms with E-state index in [0.717, 1.165) is 16.5 Å². The van der Waals surface area contributed by atoms with E-state index in [1.165, 1.54) is 10.4 Å². The molecule has 2 rings (SSSR count). The zero-order valence-corrected chi connectivity index (χ0v) is 11.4. The molecule has 1 heterocycles. The van der Waals surface area contributed by atoms with E-state index in [0.29, 0.717) is 0 Å². The smallest absolute Gasteiger partial charge is 0.0794 e. The highest BCUT2D eigenvalue weighted by molar-refractivity contribution is 9.10. The maximum absolute atomic E-state index is 6.20. The van der Waals surface area contributed by atoms with Crippen molar-refractivity contribution in [2.45, 2.75) is 19.4 Å². The van der Waals surface area contributed by atoms with Crippen LogP contribution in [0.4, 0.5) is 0 Å². The summed E-state index contributed by atoms with van der Waals surface area (Å²) in [5, 5.41) is 0. The van der Waals surface area contributed by atoms with Gasteiger partial charge in [-0.1, -0.05) is 33.6 Å². The maximum Gasteiger partial charge on any atom is 0.0794 e. The van der Waals surface area contributed by atoms with E-state index in [2.05, 4.69) is 46.0 Å². The van der Waals surface area contributed by atoms with Crippen LogP contribution in [0.1, 0.15) is 22.0 Å². The van der Waals surface area contributed by atoms with Gasteiger partial charge in [0, 0.05) is 28.0 Å². The quantitative estimate of drug-likeness (QED) is 0.942. The number of hydrogen-bond acceptors (Lipinski definition) is 3. The summed E-state index contributed by atoms with van der Waals surface area (Å²) >= 11 is 5.19. The minimum Gasteiger partial charge on any atom is -0.324 e. The molecule has 0 saturated heterocycles. The number of aromatic nitrogens is 1. The number of rotatable bonds is 3. The first-order valence-electron chi connectivity index (χ1n) is 5.06. The minimum atomic E-state index is 0.0229. The first kappa shape index (κ1) is 11.8. The van der Waals surface area contributed by atoms with Crippen molar-refractivity contribution in [1.29, 1.82) is 0 Å². The molecule has 0 spiro atoms. The van der Waals surface area contributed by atoms with E-state index >= 15 is 0 Å². The first-order valence-corrected chi connectivity index (χ1v) is 6.73. The molecule has 0 bridgehead atoms. The van der Waals surface area contributed by atoms with Gasteiger partial charge in [-0.2, -0.15) is 0 Å². The molecule has 0 fully saturated rings. The van der Waals surface area contributed by atoms with Gasteiger partial charge in [0.1, 0.15) is 0 Å². The van der Waals surface area contributed by atoms with Crippen molar-refractivity contribution in [3.8, 4) is 0 Å². The monoisotopic (exact) mass is 296 g/mol. The van der Waals surface area contributed by atoms with Crippen LogP contribution in [0.25, 0.3) is 0 Å². The Labute approximate surface area is 108 Å². The summed E-state index contributed by atoms with van der Waals surface area (Å²) in [5.74, 6) is 0. The van der Waals surface area contributed by atoms with Gasteiger partial charge in [-0.25, -0.2) is 0 Å². The lowest BCUT2D eigenvalue weighted by Crippen LogP contribution is -2.13. The molecule has 2 aromatic rings. The van der Waals surface area contributed by atoms with E-state index in [1.54, 1.807) is 11.3 Å². The number of thiazole rings is 1. The number of hydrogen-bond donors (Lipinski definition) is 1. The fraction of sp³-hybridized carbons (Fsp3) is 0.250. The van der Waals surface area contributed by atoms with Crippen LogP contribution in [0, 0.1) is 6.92 Å². The van der Waals surface area contributed by atoms with Gasteiger partial charge in [-0.15, -0.1) is 11.3 Å². The summed E-state index contributed by atoms with van der Waals surface area (Å²) in [6, 6.07) is 6.29. The highest BCUT2D eigenvalue weighted by Crippen LogP contribution is 2.26. The van der Waals surface area contributed by atoms with Gasteiger partial charge in [0.25, 0.3) is 0 Å². The van der Waals surface area contributed by atoms with Crippen LogP contribution in [0.3, 0.4) is 0 Å². The zero-order valence-electron chi connectivity index (χ0n) is 8.98. The lowest BCUT2D eigenvalue weighted by atomic mass is 10.0. The Morgan fingerprint density at radius 2 is 2.31 bits per heavy atom. The molecule has 16 heavy (non-hydrogen) atoms. The lowest BCUT2D eigenvalue weighted by Gasteiger charge is -2.13. The lowest BCUT2D eigenvalue weighted by molar-refractivity contribution is 0.724. The summed E-state index contributed by atoms with van der Waals surface area (Å²) in [5.41, 5.74) is 10.4. The largest absolute Gasteiger partial charge is 0.324 e. The second kappa shape index (κ2) is 5.08. The van der Waals surface area contributed by atoms with E-state index in [1.807, 2.05) is 11.7 Å². The number of benzene rings is 1. The maximum atomic E-state index is 6.20. The molecule has 1 aromatic carbocycles. The third kappa shape index (κ3) is 2.70. The molecule has 0 aliphatic heterocycles. The van der Waals surface area contributed by atoms with Crippen LogP contribution in [-0.2, 0) is 6.42 Å². The highest BCUT2D eigenvalue weighted by atomic mass is 79.9. The molecule has 4 heteroatoms. The Morgan fingerprint density at radius 3 is 3.00 bits per heavy atom. The Kier molecular flexibility index (Phi) is 3.74. The van der Waals surface area contributed by atoms with Gasteiger partial charge in [0.2, 0.25) is 0 Å². The SMILES string of the molecule is Cc1ccc(Br)c(C(N)Cc2cncs2)c1. The molecule has 1 atom stereocenters. The molecule has 0 saturated carbocycles. The van der Waals surface area contributed by atoms with Gasteiger partial charge in [-0.05, 0) is 18.6 Å². The van der Waals surface area contributed by atoms with Crippen molar-refractivity contribution in [2.24, 2.45) is 5.73 Å². The van der Waals surface area contributed by atoms with Crippen molar-refractivity contribution < 1.29 is 0 Å². The molecule has 0 amide bonds. The normalized spacial score (nSPS) is 12.7. The van der Waals surface area contributed by atoms with Crippen molar-refractivity contribution in [2.75, 3.05) is 0 Å². The van der Waals surface area contributed by atoms with Crippen molar-refractivity contribution in [1.82, 2.24) is 4.98 Å². The van der Waals surface area contributed by atoms with E-state index in [9.17, 15) is 0 Å². The van der Waals surface area contributed by atoms with Crippen molar-refractivity contribution >= 4 is 27.3 Å². The van der Waals surface area contributed by atoms with Crippen molar-refractivity contribution in [3.63, 3.8) is 0 Å². The van der Waals surface area contributed by atoms with E-state index < -0.39 is 0 Å². The van der Waals surface area contributed by atoms with E-state index in [-0.39, 0.29) is 6.04 Å². The molecule has 1 unspecified atom stereocenters. The van der Waals surface area contributed by atoms with Gasteiger partial charge in [0.15, 0.2) is 0 Å². The van der Waals surface area contributed by atoms with Gasteiger partial charge >= 0.3 is 0 Å². The average molecular weight is 297 g/mol. The van der Waals surface area contributed by atoms with Crippen LogP contribution in [0.15, 0.2) is 34.4 Å². The Balaban J connectivity index is 2.20. The third-order valence-electron chi connectivity index (χ3n) is 2.46. The Morgan fingerprint density at radius 1 is 1.50 bits per heavy atom. The molecule has 2 nitrogen and oxygen atoms in total.